The normalized spacial score (nSPS) is 10.0. The van der Waals surface area contributed by atoms with Crippen molar-refractivity contribution in [2.75, 3.05) is 0 Å². The van der Waals surface area contributed by atoms with Gasteiger partial charge in [-0.05, 0) is 12.1 Å². The average molecular weight is 219 g/mol. The molecule has 0 N–H and O–H groups in total. The van der Waals surface area contributed by atoms with E-state index in [9.17, 15) is 4.79 Å². The Balaban J connectivity index is 2.80. The highest BCUT2D eigenvalue weighted by atomic mass is 32.1. The Morgan fingerprint density at radius 2 is 2.29 bits per heavy atom. The van der Waals surface area contributed by atoms with Crippen LogP contribution in [0.15, 0.2) is 23.1 Å². The first-order valence-electron chi connectivity index (χ1n) is 3.87. The number of aldehydes is 1. The molecule has 0 aliphatic rings. The van der Waals surface area contributed by atoms with E-state index in [1.807, 2.05) is 6.07 Å². The van der Waals surface area contributed by atoms with Gasteiger partial charge in [0.05, 0.1) is 16.5 Å². The van der Waals surface area contributed by atoms with Crippen LogP contribution in [-0.4, -0.2) is 6.29 Å². The first kappa shape index (κ1) is 9.25. The third kappa shape index (κ3) is 1.31. The van der Waals surface area contributed by atoms with Crippen LogP contribution < -0.4 is 0 Å². The lowest BCUT2D eigenvalue weighted by Gasteiger charge is -1.90. The molecule has 0 fully saturated rings. The van der Waals surface area contributed by atoms with Gasteiger partial charge in [0.25, 0.3) is 0 Å². The van der Waals surface area contributed by atoms with E-state index in [2.05, 4.69) is 18.7 Å². The molecule has 4 heteroatoms. The molecule has 14 heavy (non-hydrogen) atoms. The van der Waals surface area contributed by atoms with Gasteiger partial charge in [-0.3, -0.25) is 4.79 Å². The van der Waals surface area contributed by atoms with Gasteiger partial charge >= 0.3 is 0 Å². The number of thiol groups is 1. The molecule has 0 aliphatic carbocycles. The fourth-order valence-corrected chi connectivity index (χ4v) is 2.67. The SMILES string of the molecule is N#Cc1ccc2c(S)c(C=O)sc2c1. The zero-order valence-corrected chi connectivity index (χ0v) is 8.73. The molecule has 1 aromatic carbocycles. The maximum atomic E-state index is 10.6. The maximum Gasteiger partial charge on any atom is 0.161 e. The summed E-state index contributed by atoms with van der Waals surface area (Å²) in [6, 6.07) is 7.37. The van der Waals surface area contributed by atoms with Crippen molar-refractivity contribution in [1.29, 1.82) is 5.26 Å². The van der Waals surface area contributed by atoms with Crippen LogP contribution in [0.25, 0.3) is 10.1 Å². The smallest absolute Gasteiger partial charge is 0.161 e. The summed E-state index contributed by atoms with van der Waals surface area (Å²) in [5, 5.41) is 9.63. The summed E-state index contributed by atoms with van der Waals surface area (Å²) in [4.78, 5) is 12.0. The Morgan fingerprint density at radius 3 is 2.93 bits per heavy atom. The van der Waals surface area contributed by atoms with Gasteiger partial charge in [0.2, 0.25) is 0 Å². The molecule has 0 unspecified atom stereocenters. The van der Waals surface area contributed by atoms with Crippen molar-refractivity contribution >= 4 is 40.3 Å². The summed E-state index contributed by atoms with van der Waals surface area (Å²) >= 11 is 5.61. The van der Waals surface area contributed by atoms with E-state index < -0.39 is 0 Å². The Kier molecular flexibility index (Phi) is 2.28. The predicted octanol–water partition coefficient (Wildman–Crippen LogP) is 2.87. The number of hydrogen-bond donors (Lipinski definition) is 1. The molecule has 0 saturated heterocycles. The largest absolute Gasteiger partial charge is 0.297 e. The molecule has 1 heterocycles. The first-order chi connectivity index (χ1) is 6.76. The molecule has 2 aromatic rings. The highest BCUT2D eigenvalue weighted by Crippen LogP contribution is 2.33. The number of carbonyl (C=O) groups is 1. The minimum absolute atomic E-state index is 0.601. The van der Waals surface area contributed by atoms with Crippen LogP contribution >= 0.6 is 24.0 Å². The molecule has 2 rings (SSSR count). The molecule has 0 atom stereocenters. The Morgan fingerprint density at radius 1 is 1.50 bits per heavy atom. The lowest BCUT2D eigenvalue weighted by atomic mass is 10.2. The van der Waals surface area contributed by atoms with Crippen molar-refractivity contribution in [3.63, 3.8) is 0 Å². The number of nitriles is 1. The molecular formula is C10H5NOS2. The zero-order chi connectivity index (χ0) is 10.1. The molecule has 0 amide bonds. The summed E-state index contributed by atoms with van der Waals surface area (Å²) in [6.07, 6.45) is 0.791. The molecule has 0 saturated carbocycles. The van der Waals surface area contributed by atoms with E-state index in [4.69, 9.17) is 5.26 Å². The predicted molar refractivity (Wildman–Crippen MR) is 59.2 cm³/mol. The zero-order valence-electron chi connectivity index (χ0n) is 7.02. The molecule has 68 valence electrons. The second kappa shape index (κ2) is 3.45. The highest BCUT2D eigenvalue weighted by Gasteiger charge is 2.08. The van der Waals surface area contributed by atoms with E-state index in [-0.39, 0.29) is 0 Å². The minimum Gasteiger partial charge on any atom is -0.297 e. The van der Waals surface area contributed by atoms with Crippen molar-refractivity contribution in [1.82, 2.24) is 0 Å². The molecule has 1 aromatic heterocycles. The summed E-state index contributed by atoms with van der Waals surface area (Å²) in [7, 11) is 0. The summed E-state index contributed by atoms with van der Waals surface area (Å²) in [5.41, 5.74) is 0.601. The Bertz CT molecular complexity index is 551. The first-order valence-corrected chi connectivity index (χ1v) is 5.13. The van der Waals surface area contributed by atoms with E-state index in [1.165, 1.54) is 11.3 Å². The van der Waals surface area contributed by atoms with Crippen LogP contribution in [-0.2, 0) is 0 Å². The van der Waals surface area contributed by atoms with Crippen molar-refractivity contribution in [2.45, 2.75) is 4.90 Å². The second-order valence-electron chi connectivity index (χ2n) is 2.76. The molecule has 0 bridgehead atoms. The van der Waals surface area contributed by atoms with E-state index in [0.29, 0.717) is 15.3 Å². The lowest BCUT2D eigenvalue weighted by Crippen LogP contribution is -1.72. The standard InChI is InChI=1S/C10H5NOS2/c11-4-6-1-2-7-8(3-6)14-9(5-12)10(7)13/h1-3,5,13H. The Labute approximate surface area is 90.2 Å². The van der Waals surface area contributed by atoms with Crippen molar-refractivity contribution in [3.8, 4) is 6.07 Å². The number of thiophene rings is 1. The topological polar surface area (TPSA) is 40.9 Å². The third-order valence-corrected chi connectivity index (χ3v) is 3.64. The maximum absolute atomic E-state index is 10.6. The van der Waals surface area contributed by atoms with Crippen LogP contribution in [0.5, 0.6) is 0 Å². The van der Waals surface area contributed by atoms with Crippen LogP contribution in [0, 0.1) is 11.3 Å². The van der Waals surface area contributed by atoms with Crippen LogP contribution in [0.1, 0.15) is 15.2 Å². The second-order valence-corrected chi connectivity index (χ2v) is 4.29. The average Bonchev–Trinajstić information content (AvgIpc) is 2.55. The number of nitrogens with zero attached hydrogens (tertiary/aromatic N) is 1. The van der Waals surface area contributed by atoms with Crippen molar-refractivity contribution < 1.29 is 4.79 Å². The fourth-order valence-electron chi connectivity index (χ4n) is 1.25. The minimum atomic E-state index is 0.601. The quantitative estimate of drug-likeness (QED) is 0.592. The van der Waals surface area contributed by atoms with Gasteiger partial charge in [-0.1, -0.05) is 6.07 Å². The van der Waals surface area contributed by atoms with Crippen molar-refractivity contribution in [3.05, 3.63) is 28.6 Å². The summed E-state index contributed by atoms with van der Waals surface area (Å²) in [6.45, 7) is 0. The van der Waals surface area contributed by atoms with Gasteiger partial charge in [0, 0.05) is 15.0 Å². The number of carbonyl (C=O) groups excluding carboxylic acids is 1. The fraction of sp³-hybridized carbons (Fsp3) is 0. The number of benzene rings is 1. The van der Waals surface area contributed by atoms with Gasteiger partial charge in [0.15, 0.2) is 6.29 Å². The molecule has 0 aliphatic heterocycles. The summed E-state index contributed by atoms with van der Waals surface area (Å²) < 4.78 is 0.927. The van der Waals surface area contributed by atoms with E-state index in [0.717, 1.165) is 16.4 Å². The van der Waals surface area contributed by atoms with E-state index >= 15 is 0 Å². The van der Waals surface area contributed by atoms with Crippen LogP contribution in [0.2, 0.25) is 0 Å². The monoisotopic (exact) mass is 219 g/mol. The highest BCUT2D eigenvalue weighted by molar-refractivity contribution is 7.81. The summed E-state index contributed by atoms with van der Waals surface area (Å²) in [5.74, 6) is 0. The van der Waals surface area contributed by atoms with Gasteiger partial charge in [-0.2, -0.15) is 5.26 Å². The van der Waals surface area contributed by atoms with Crippen LogP contribution in [0.3, 0.4) is 0 Å². The Hall–Kier alpha value is -1.31. The van der Waals surface area contributed by atoms with E-state index in [1.54, 1.807) is 12.1 Å². The van der Waals surface area contributed by atoms with Gasteiger partial charge < -0.3 is 0 Å². The molecule has 0 spiro atoms. The van der Waals surface area contributed by atoms with Gasteiger partial charge in [0.1, 0.15) is 0 Å². The third-order valence-electron chi connectivity index (χ3n) is 1.93. The van der Waals surface area contributed by atoms with Gasteiger partial charge in [-0.25, -0.2) is 0 Å². The molecule has 2 nitrogen and oxygen atoms in total. The van der Waals surface area contributed by atoms with Gasteiger partial charge in [-0.15, -0.1) is 24.0 Å². The van der Waals surface area contributed by atoms with Crippen LogP contribution in [0.4, 0.5) is 0 Å². The number of hydrogen-bond acceptors (Lipinski definition) is 4. The number of rotatable bonds is 1. The lowest BCUT2D eigenvalue weighted by molar-refractivity contribution is 0.112. The molecule has 0 radical (unpaired) electrons. The van der Waals surface area contributed by atoms with Crippen molar-refractivity contribution in [2.24, 2.45) is 0 Å². The molecular weight excluding hydrogens is 214 g/mol. The number of fused-ring (bicyclic) bond motifs is 1.